The number of carbonyl (C=O) groups excluding carboxylic acids is 2. The molecule has 2 aliphatic rings. The molecule has 3 aromatic carbocycles. The summed E-state index contributed by atoms with van der Waals surface area (Å²) in [5.41, 5.74) is 3.30. The molecule has 11 nitrogen and oxygen atoms in total. The number of piperidine rings is 1. The average Bonchev–Trinajstić information content (AvgIpc) is 3.66. The van der Waals surface area contributed by atoms with E-state index >= 15 is 4.39 Å². The third-order valence-corrected chi connectivity index (χ3v) is 9.55. The number of hydrogen-bond donors (Lipinski definition) is 3. The minimum absolute atomic E-state index is 0.0535. The van der Waals surface area contributed by atoms with Gasteiger partial charge in [0.15, 0.2) is 23.1 Å². The molecule has 1 aliphatic carbocycles. The van der Waals surface area contributed by atoms with E-state index in [1.54, 1.807) is 30.3 Å². The van der Waals surface area contributed by atoms with Gasteiger partial charge in [0.25, 0.3) is 11.8 Å². The molecule has 1 saturated carbocycles. The molecule has 2 amide bonds. The van der Waals surface area contributed by atoms with Gasteiger partial charge in [-0.05, 0) is 100 Å². The normalized spacial score (nSPS) is 14.8. The van der Waals surface area contributed by atoms with Crippen LogP contribution in [-0.4, -0.2) is 66.1 Å². The Bertz CT molecular complexity index is 1860. The summed E-state index contributed by atoms with van der Waals surface area (Å²) in [6.07, 6.45) is 10.0. The molecule has 52 heavy (non-hydrogen) atoms. The zero-order valence-corrected chi connectivity index (χ0v) is 30.1. The van der Waals surface area contributed by atoms with E-state index in [4.69, 9.17) is 14.2 Å². The van der Waals surface area contributed by atoms with Gasteiger partial charge in [0.05, 0.1) is 13.7 Å². The Hall–Kier alpha value is -5.23. The van der Waals surface area contributed by atoms with Crippen molar-refractivity contribution in [3.8, 4) is 23.1 Å². The van der Waals surface area contributed by atoms with Crippen LogP contribution in [0.4, 0.5) is 21.7 Å². The summed E-state index contributed by atoms with van der Waals surface area (Å²) in [5, 5.41) is 9.05. The van der Waals surface area contributed by atoms with Gasteiger partial charge in [-0.2, -0.15) is 4.98 Å². The molecule has 1 saturated heterocycles. The summed E-state index contributed by atoms with van der Waals surface area (Å²) in [5.74, 6) is -0.527. The first-order valence-corrected chi connectivity index (χ1v) is 18.1. The molecule has 12 heteroatoms. The number of anilines is 3. The Morgan fingerprint density at radius 3 is 2.38 bits per heavy atom. The van der Waals surface area contributed by atoms with Gasteiger partial charge in [-0.15, -0.1) is 0 Å². The van der Waals surface area contributed by atoms with E-state index < -0.39 is 11.7 Å². The first kappa shape index (κ1) is 36.6. The zero-order valence-electron chi connectivity index (χ0n) is 30.1. The SMILES string of the molecule is COc1cc(C(=O)NC2CCCC2)ccc1Oc1nc(Nc2ccc(OCCCN3CCCCC3)c(F)c2)ncc1C(=O)Nc1c(C)cccc1C. The lowest BCUT2D eigenvalue weighted by molar-refractivity contribution is 0.0936. The Labute approximate surface area is 304 Å². The van der Waals surface area contributed by atoms with Crippen molar-refractivity contribution in [2.45, 2.75) is 71.3 Å². The second kappa shape index (κ2) is 17.3. The molecule has 2 fully saturated rings. The number of para-hydroxylation sites is 1. The van der Waals surface area contributed by atoms with Crippen molar-refractivity contribution in [2.75, 3.05) is 44.0 Å². The van der Waals surface area contributed by atoms with E-state index in [-0.39, 0.29) is 46.6 Å². The van der Waals surface area contributed by atoms with Crippen LogP contribution in [0, 0.1) is 19.7 Å². The van der Waals surface area contributed by atoms with Crippen LogP contribution in [0.5, 0.6) is 23.1 Å². The van der Waals surface area contributed by atoms with Gasteiger partial charge >= 0.3 is 0 Å². The molecule has 0 radical (unpaired) electrons. The number of aromatic nitrogens is 2. The molecular weight excluding hydrogens is 663 g/mol. The van der Waals surface area contributed by atoms with Crippen LogP contribution in [-0.2, 0) is 0 Å². The monoisotopic (exact) mass is 710 g/mol. The van der Waals surface area contributed by atoms with Crippen LogP contribution >= 0.6 is 0 Å². The third kappa shape index (κ3) is 9.35. The third-order valence-electron chi connectivity index (χ3n) is 9.55. The van der Waals surface area contributed by atoms with Crippen molar-refractivity contribution >= 4 is 29.1 Å². The molecule has 3 N–H and O–H groups in total. The van der Waals surface area contributed by atoms with Gasteiger partial charge in [0.2, 0.25) is 11.8 Å². The van der Waals surface area contributed by atoms with Crippen LogP contribution < -0.4 is 30.2 Å². The summed E-state index contributed by atoms with van der Waals surface area (Å²) in [6, 6.07) is 15.3. The van der Waals surface area contributed by atoms with Crippen LogP contribution in [0.25, 0.3) is 0 Å². The number of methoxy groups -OCH3 is 1. The largest absolute Gasteiger partial charge is 0.493 e. The molecule has 0 spiro atoms. The lowest BCUT2D eigenvalue weighted by atomic mass is 10.1. The topological polar surface area (TPSA) is 127 Å². The summed E-state index contributed by atoms with van der Waals surface area (Å²) in [4.78, 5) is 38.0. The van der Waals surface area contributed by atoms with E-state index in [1.165, 1.54) is 38.6 Å². The molecule has 6 rings (SSSR count). The molecule has 1 aliphatic heterocycles. The Morgan fingerprint density at radius 2 is 1.65 bits per heavy atom. The predicted octanol–water partition coefficient (Wildman–Crippen LogP) is 7.96. The Kier molecular flexibility index (Phi) is 12.2. The van der Waals surface area contributed by atoms with Crippen molar-refractivity contribution in [3.05, 3.63) is 88.9 Å². The number of nitrogens with zero attached hydrogens (tertiary/aromatic N) is 3. The summed E-state index contributed by atoms with van der Waals surface area (Å²) < 4.78 is 32.7. The minimum Gasteiger partial charge on any atom is -0.493 e. The number of rotatable bonds is 14. The number of benzene rings is 3. The van der Waals surface area contributed by atoms with Gasteiger partial charge in [0, 0.05) is 41.8 Å². The molecule has 2 heterocycles. The highest BCUT2D eigenvalue weighted by molar-refractivity contribution is 6.06. The maximum atomic E-state index is 15.1. The number of amides is 2. The average molecular weight is 711 g/mol. The van der Waals surface area contributed by atoms with E-state index in [2.05, 4.69) is 30.8 Å². The highest BCUT2D eigenvalue weighted by Crippen LogP contribution is 2.35. The van der Waals surface area contributed by atoms with Crippen molar-refractivity contribution in [1.82, 2.24) is 20.2 Å². The van der Waals surface area contributed by atoms with Gasteiger partial charge in [0.1, 0.15) is 5.56 Å². The van der Waals surface area contributed by atoms with Crippen LogP contribution in [0.2, 0.25) is 0 Å². The summed E-state index contributed by atoms with van der Waals surface area (Å²) in [6.45, 7) is 7.40. The van der Waals surface area contributed by atoms with Crippen molar-refractivity contribution in [3.63, 3.8) is 0 Å². The van der Waals surface area contributed by atoms with E-state index in [0.717, 1.165) is 62.9 Å². The minimum atomic E-state index is -0.522. The molecule has 4 aromatic rings. The van der Waals surface area contributed by atoms with Crippen LogP contribution in [0.15, 0.2) is 60.8 Å². The number of likely N-dealkylation sites (tertiary alicyclic amines) is 1. The standard InChI is InChI=1S/C40H47FN6O5/c1-26-11-9-12-27(2)36(26)45-38(49)31-25-42-40(44-30-16-18-33(32(41)24-30)51-22-10-21-47-19-7-4-8-20-47)46-39(31)52-34-17-15-28(23-35(34)50-3)37(48)43-29-13-5-6-14-29/h9,11-12,15-18,23-25,29H,4-8,10,13-14,19-22H2,1-3H3,(H,43,48)(H,45,49)(H,42,44,46). The number of hydrogen-bond acceptors (Lipinski definition) is 9. The van der Waals surface area contributed by atoms with Crippen LogP contribution in [0.1, 0.15) is 83.2 Å². The molecule has 0 unspecified atom stereocenters. The van der Waals surface area contributed by atoms with E-state index in [1.807, 2.05) is 32.0 Å². The van der Waals surface area contributed by atoms with Crippen molar-refractivity contribution in [2.24, 2.45) is 0 Å². The number of ether oxygens (including phenoxy) is 3. The Morgan fingerprint density at radius 1 is 0.904 bits per heavy atom. The second-order valence-corrected chi connectivity index (χ2v) is 13.4. The fraction of sp³-hybridized carbons (Fsp3) is 0.400. The number of aryl methyl sites for hydroxylation is 2. The van der Waals surface area contributed by atoms with Gasteiger partial charge in [-0.1, -0.05) is 37.5 Å². The highest BCUT2D eigenvalue weighted by atomic mass is 19.1. The predicted molar refractivity (Wildman–Crippen MR) is 199 cm³/mol. The first-order valence-electron chi connectivity index (χ1n) is 18.1. The smallest absolute Gasteiger partial charge is 0.262 e. The summed E-state index contributed by atoms with van der Waals surface area (Å²) in [7, 11) is 1.47. The quantitative estimate of drug-likeness (QED) is 0.112. The van der Waals surface area contributed by atoms with E-state index in [9.17, 15) is 9.59 Å². The summed E-state index contributed by atoms with van der Waals surface area (Å²) >= 11 is 0. The van der Waals surface area contributed by atoms with E-state index in [0.29, 0.717) is 23.5 Å². The van der Waals surface area contributed by atoms with Crippen molar-refractivity contribution < 1.29 is 28.2 Å². The molecule has 0 atom stereocenters. The molecule has 1 aromatic heterocycles. The maximum Gasteiger partial charge on any atom is 0.262 e. The number of carbonyl (C=O) groups is 2. The zero-order chi connectivity index (χ0) is 36.5. The fourth-order valence-corrected chi connectivity index (χ4v) is 6.67. The second-order valence-electron chi connectivity index (χ2n) is 13.4. The lowest BCUT2D eigenvalue weighted by Gasteiger charge is -2.26. The maximum absolute atomic E-state index is 15.1. The number of halogens is 1. The van der Waals surface area contributed by atoms with Gasteiger partial charge in [-0.25, -0.2) is 9.37 Å². The molecular formula is C40H47FN6O5. The Balaban J connectivity index is 1.20. The van der Waals surface area contributed by atoms with Crippen molar-refractivity contribution in [1.29, 1.82) is 0 Å². The number of nitrogens with one attached hydrogen (secondary N) is 3. The van der Waals surface area contributed by atoms with Gasteiger partial charge in [-0.3, -0.25) is 9.59 Å². The fourth-order valence-electron chi connectivity index (χ4n) is 6.67. The first-order chi connectivity index (χ1) is 25.3. The van der Waals surface area contributed by atoms with Gasteiger partial charge < -0.3 is 35.1 Å². The molecule has 274 valence electrons. The lowest BCUT2D eigenvalue weighted by Crippen LogP contribution is -2.32. The van der Waals surface area contributed by atoms with Crippen LogP contribution in [0.3, 0.4) is 0 Å². The highest BCUT2D eigenvalue weighted by Gasteiger charge is 2.23. The molecule has 0 bridgehead atoms.